The van der Waals surface area contributed by atoms with Crippen molar-refractivity contribution in [3.63, 3.8) is 0 Å². The second-order valence-electron chi connectivity index (χ2n) is 7.18. The number of carboxylic acid groups (broad SMARTS) is 1. The van der Waals surface area contributed by atoms with Crippen LogP contribution in [0, 0.1) is 6.92 Å². The summed E-state index contributed by atoms with van der Waals surface area (Å²) in [5.74, 6) is -0.359. The zero-order chi connectivity index (χ0) is 22.8. The van der Waals surface area contributed by atoms with Crippen LogP contribution in [0.2, 0.25) is 5.02 Å². The molecular formula is C21H19ClN6O4. The van der Waals surface area contributed by atoms with E-state index >= 15 is 0 Å². The summed E-state index contributed by atoms with van der Waals surface area (Å²) < 4.78 is 2.14. The average molecular weight is 455 g/mol. The first kappa shape index (κ1) is 21.3. The number of rotatable bonds is 6. The molecule has 4 aromatic rings. The Morgan fingerprint density at radius 1 is 1.12 bits per heavy atom. The van der Waals surface area contributed by atoms with Crippen LogP contribution in [0.15, 0.2) is 57.0 Å². The van der Waals surface area contributed by atoms with E-state index in [1.807, 2.05) is 6.92 Å². The van der Waals surface area contributed by atoms with Crippen LogP contribution in [-0.2, 0) is 17.9 Å². The number of aryl methyl sites for hydroxylation is 1. The van der Waals surface area contributed by atoms with E-state index in [0.29, 0.717) is 10.7 Å². The molecule has 0 aliphatic rings. The standard InChI is InChI=1S/C21H19ClN6O4/c1-12-23-16-7-6-15(10-17(16)24-12)25-19-26-20(31)27(9-8-18(29)30)21(32)28(19)11-13-2-4-14(22)5-3-13/h2-7,10H,8-9,11H2,1H3,(H,23,24)(H,29,30)(H,25,26,31). The van der Waals surface area contributed by atoms with E-state index in [9.17, 15) is 14.4 Å². The van der Waals surface area contributed by atoms with Crippen molar-refractivity contribution in [3.8, 4) is 0 Å². The van der Waals surface area contributed by atoms with Gasteiger partial charge in [0.15, 0.2) is 0 Å². The summed E-state index contributed by atoms with van der Waals surface area (Å²) in [6.45, 7) is 1.68. The molecule has 11 heteroatoms. The Morgan fingerprint density at radius 2 is 1.88 bits per heavy atom. The molecular weight excluding hydrogens is 436 g/mol. The molecule has 10 nitrogen and oxygen atoms in total. The van der Waals surface area contributed by atoms with Crippen molar-refractivity contribution in [2.45, 2.75) is 26.4 Å². The summed E-state index contributed by atoms with van der Waals surface area (Å²) in [7, 11) is 0. The number of imidazole rings is 1. The fraction of sp³-hybridized carbons (Fsp3) is 0.190. The maximum Gasteiger partial charge on any atom is 0.335 e. The van der Waals surface area contributed by atoms with Crippen LogP contribution in [0.5, 0.6) is 0 Å². The monoisotopic (exact) mass is 454 g/mol. The highest BCUT2D eigenvalue weighted by Gasteiger charge is 2.11. The second-order valence-corrected chi connectivity index (χ2v) is 7.62. The number of H-pyrrole nitrogens is 2. The summed E-state index contributed by atoms with van der Waals surface area (Å²) in [6.07, 6.45) is -0.365. The molecule has 2 aromatic heterocycles. The normalized spacial score (nSPS) is 11.9. The smallest absolute Gasteiger partial charge is 0.335 e. The SMILES string of the molecule is Cc1nc2ccc(/N=c3\[nH]c(=O)n(CCC(=O)O)c(=O)n3Cc3ccc(Cl)cc3)cc2[nH]1. The quantitative estimate of drug-likeness (QED) is 0.408. The van der Waals surface area contributed by atoms with Crippen LogP contribution in [-0.4, -0.2) is 35.2 Å². The highest BCUT2D eigenvalue weighted by molar-refractivity contribution is 6.30. The van der Waals surface area contributed by atoms with E-state index in [0.717, 1.165) is 27.0 Å². The van der Waals surface area contributed by atoms with Crippen molar-refractivity contribution in [3.05, 3.63) is 85.5 Å². The zero-order valence-electron chi connectivity index (χ0n) is 17.0. The summed E-state index contributed by atoms with van der Waals surface area (Å²) in [6, 6.07) is 12.2. The molecule has 0 bridgehead atoms. The molecule has 0 unspecified atom stereocenters. The van der Waals surface area contributed by atoms with Gasteiger partial charge in [-0.3, -0.25) is 14.3 Å². The van der Waals surface area contributed by atoms with Crippen LogP contribution in [0.1, 0.15) is 17.8 Å². The van der Waals surface area contributed by atoms with Gasteiger partial charge < -0.3 is 10.1 Å². The number of carboxylic acids is 1. The van der Waals surface area contributed by atoms with Crippen molar-refractivity contribution < 1.29 is 9.90 Å². The Bertz CT molecular complexity index is 1490. The van der Waals surface area contributed by atoms with Gasteiger partial charge >= 0.3 is 17.3 Å². The van der Waals surface area contributed by atoms with Crippen molar-refractivity contribution in [1.29, 1.82) is 0 Å². The number of hydrogen-bond acceptors (Lipinski definition) is 5. The van der Waals surface area contributed by atoms with Crippen LogP contribution in [0.3, 0.4) is 0 Å². The number of nitrogens with one attached hydrogen (secondary N) is 2. The van der Waals surface area contributed by atoms with E-state index in [2.05, 4.69) is 19.9 Å². The van der Waals surface area contributed by atoms with Gasteiger partial charge in [-0.25, -0.2) is 24.1 Å². The van der Waals surface area contributed by atoms with Crippen LogP contribution in [0.25, 0.3) is 11.0 Å². The number of halogens is 1. The third kappa shape index (κ3) is 4.54. The van der Waals surface area contributed by atoms with Gasteiger partial charge in [0.1, 0.15) is 5.82 Å². The van der Waals surface area contributed by atoms with Gasteiger partial charge in [0.2, 0.25) is 5.62 Å². The van der Waals surface area contributed by atoms with Gasteiger partial charge in [-0.1, -0.05) is 23.7 Å². The summed E-state index contributed by atoms with van der Waals surface area (Å²) >= 11 is 5.95. The molecule has 0 spiro atoms. The molecule has 0 saturated carbocycles. The molecule has 0 saturated heterocycles. The molecule has 0 fully saturated rings. The molecule has 0 aliphatic carbocycles. The lowest BCUT2D eigenvalue weighted by molar-refractivity contribution is -0.137. The number of carbonyl (C=O) groups is 1. The number of aromatic nitrogens is 5. The predicted molar refractivity (Wildman–Crippen MR) is 118 cm³/mol. The van der Waals surface area contributed by atoms with Gasteiger partial charge in [0, 0.05) is 11.6 Å². The lowest BCUT2D eigenvalue weighted by atomic mass is 10.2. The Kier molecular flexibility index (Phi) is 5.78. The number of fused-ring (bicyclic) bond motifs is 1. The fourth-order valence-corrected chi connectivity index (χ4v) is 3.40. The van der Waals surface area contributed by atoms with E-state index in [-0.39, 0.29) is 25.1 Å². The van der Waals surface area contributed by atoms with Crippen molar-refractivity contribution in [2.75, 3.05) is 0 Å². The maximum absolute atomic E-state index is 13.1. The summed E-state index contributed by atoms with van der Waals surface area (Å²) in [5, 5.41) is 9.50. The number of aromatic amines is 2. The minimum absolute atomic E-state index is 0.0390. The van der Waals surface area contributed by atoms with Gasteiger partial charge in [-0.2, -0.15) is 0 Å². The van der Waals surface area contributed by atoms with E-state index < -0.39 is 17.3 Å². The van der Waals surface area contributed by atoms with Crippen LogP contribution >= 0.6 is 11.6 Å². The Morgan fingerprint density at radius 3 is 2.59 bits per heavy atom. The van der Waals surface area contributed by atoms with Crippen molar-refractivity contribution in [2.24, 2.45) is 4.99 Å². The Hall–Kier alpha value is -3.92. The Balaban J connectivity index is 1.87. The number of nitrogens with zero attached hydrogens (tertiary/aromatic N) is 4. The zero-order valence-corrected chi connectivity index (χ0v) is 17.8. The lowest BCUT2D eigenvalue weighted by Gasteiger charge is -2.10. The van der Waals surface area contributed by atoms with Gasteiger partial charge in [0.25, 0.3) is 0 Å². The third-order valence-corrected chi connectivity index (χ3v) is 5.06. The van der Waals surface area contributed by atoms with Gasteiger partial charge in [-0.15, -0.1) is 0 Å². The summed E-state index contributed by atoms with van der Waals surface area (Å²) in [5.41, 5.74) is 1.44. The molecule has 164 valence electrons. The highest BCUT2D eigenvalue weighted by Crippen LogP contribution is 2.18. The molecule has 2 aromatic carbocycles. The first-order chi connectivity index (χ1) is 15.3. The number of aliphatic carboxylic acids is 1. The van der Waals surface area contributed by atoms with E-state index in [1.165, 1.54) is 4.57 Å². The first-order valence-corrected chi connectivity index (χ1v) is 10.1. The lowest BCUT2D eigenvalue weighted by Crippen LogP contribution is -2.50. The molecule has 32 heavy (non-hydrogen) atoms. The van der Waals surface area contributed by atoms with E-state index in [4.69, 9.17) is 16.7 Å². The molecule has 2 heterocycles. The Labute approximate surface area is 185 Å². The van der Waals surface area contributed by atoms with Crippen molar-refractivity contribution >= 4 is 34.3 Å². The average Bonchev–Trinajstić information content (AvgIpc) is 3.11. The minimum atomic E-state index is -1.11. The van der Waals surface area contributed by atoms with Crippen LogP contribution < -0.4 is 17.0 Å². The number of hydrogen-bond donors (Lipinski definition) is 3. The fourth-order valence-electron chi connectivity index (χ4n) is 3.28. The highest BCUT2D eigenvalue weighted by atomic mass is 35.5. The molecule has 0 aliphatic heterocycles. The third-order valence-electron chi connectivity index (χ3n) is 4.80. The van der Waals surface area contributed by atoms with Gasteiger partial charge in [0.05, 0.1) is 29.7 Å². The molecule has 0 amide bonds. The van der Waals surface area contributed by atoms with E-state index in [1.54, 1.807) is 42.5 Å². The van der Waals surface area contributed by atoms with Gasteiger partial charge in [-0.05, 0) is 42.8 Å². The number of benzene rings is 2. The molecule has 0 radical (unpaired) electrons. The largest absolute Gasteiger partial charge is 0.481 e. The molecule has 3 N–H and O–H groups in total. The van der Waals surface area contributed by atoms with Crippen LogP contribution in [0.4, 0.5) is 5.69 Å². The maximum atomic E-state index is 13.1. The minimum Gasteiger partial charge on any atom is -0.481 e. The topological polar surface area (TPSA) is 138 Å². The second kappa shape index (κ2) is 8.67. The molecule has 4 rings (SSSR count). The predicted octanol–water partition coefficient (Wildman–Crippen LogP) is 1.93. The molecule has 0 atom stereocenters. The summed E-state index contributed by atoms with van der Waals surface area (Å²) in [4.78, 5) is 51.1. The first-order valence-electron chi connectivity index (χ1n) is 9.71. The van der Waals surface area contributed by atoms with Crippen molar-refractivity contribution in [1.82, 2.24) is 24.1 Å².